The van der Waals surface area contributed by atoms with Crippen molar-refractivity contribution in [3.05, 3.63) is 58.4 Å². The van der Waals surface area contributed by atoms with Gasteiger partial charge in [0.05, 0.1) is 11.3 Å². The molecule has 0 bridgehead atoms. The fourth-order valence-corrected chi connectivity index (χ4v) is 2.05. The first kappa shape index (κ1) is 14.3. The highest BCUT2D eigenvalue weighted by Crippen LogP contribution is 2.20. The van der Waals surface area contributed by atoms with Crippen LogP contribution in [0.4, 0.5) is 5.69 Å². The minimum Gasteiger partial charge on any atom is -0.380 e. The summed E-state index contributed by atoms with van der Waals surface area (Å²) in [6.45, 7) is 2.67. The molecule has 5 heteroatoms. The maximum atomic E-state index is 11.8. The first-order chi connectivity index (χ1) is 9.61. The molecule has 0 radical (unpaired) electrons. The Kier molecular flexibility index (Phi) is 4.58. The van der Waals surface area contributed by atoms with Crippen LogP contribution in [-0.2, 0) is 6.54 Å². The molecular formula is C15H16ClN3O. The molecule has 0 aliphatic heterocycles. The molecule has 1 aromatic heterocycles. The Bertz CT molecular complexity index is 628. The Labute approximate surface area is 123 Å². The monoisotopic (exact) mass is 289 g/mol. The summed E-state index contributed by atoms with van der Waals surface area (Å²) < 4.78 is 0. The summed E-state index contributed by atoms with van der Waals surface area (Å²) in [6, 6.07) is 9.74. The lowest BCUT2D eigenvalue weighted by Crippen LogP contribution is -2.20. The molecule has 1 aromatic carbocycles. The maximum Gasteiger partial charge on any atom is 0.254 e. The number of carbonyl (C=O) groups is 1. The maximum absolute atomic E-state index is 11.8. The summed E-state index contributed by atoms with van der Waals surface area (Å²) in [5, 5.41) is 6.18. The first-order valence-electron chi connectivity index (χ1n) is 6.28. The molecule has 0 spiro atoms. The van der Waals surface area contributed by atoms with E-state index in [1.165, 1.54) is 17.3 Å². The van der Waals surface area contributed by atoms with Gasteiger partial charge in [-0.1, -0.05) is 35.9 Å². The largest absolute Gasteiger partial charge is 0.380 e. The van der Waals surface area contributed by atoms with Crippen LogP contribution >= 0.6 is 11.6 Å². The number of nitrogens with one attached hydrogen (secondary N) is 2. The number of nitrogens with zero attached hydrogens (tertiary/aromatic N) is 1. The summed E-state index contributed by atoms with van der Waals surface area (Å²) in [4.78, 5) is 15.7. The van der Waals surface area contributed by atoms with Gasteiger partial charge in [-0.3, -0.25) is 4.79 Å². The summed E-state index contributed by atoms with van der Waals surface area (Å²) in [7, 11) is 1.59. The summed E-state index contributed by atoms with van der Waals surface area (Å²) in [5.41, 5.74) is 3.52. The number of pyridine rings is 1. The molecule has 0 atom stereocenters. The molecule has 1 heterocycles. The van der Waals surface area contributed by atoms with Crippen molar-refractivity contribution in [2.75, 3.05) is 12.4 Å². The average Bonchev–Trinajstić information content (AvgIpc) is 2.46. The van der Waals surface area contributed by atoms with Gasteiger partial charge in [0.2, 0.25) is 0 Å². The van der Waals surface area contributed by atoms with Crippen molar-refractivity contribution in [1.82, 2.24) is 10.3 Å². The molecule has 0 aliphatic carbocycles. The number of aromatic nitrogens is 1. The SMILES string of the molecule is CNC(=O)c1cnc(Cl)cc1NCc1ccccc1C. The van der Waals surface area contributed by atoms with Gasteiger partial charge in [-0.05, 0) is 24.1 Å². The van der Waals surface area contributed by atoms with Gasteiger partial charge in [0.25, 0.3) is 5.91 Å². The second-order valence-corrected chi connectivity index (χ2v) is 4.80. The van der Waals surface area contributed by atoms with E-state index in [1.807, 2.05) is 18.2 Å². The number of aryl methyl sites for hydroxylation is 1. The van der Waals surface area contributed by atoms with Gasteiger partial charge in [0, 0.05) is 19.8 Å². The van der Waals surface area contributed by atoms with E-state index >= 15 is 0 Å². The van der Waals surface area contributed by atoms with Gasteiger partial charge in [0.15, 0.2) is 0 Å². The lowest BCUT2D eigenvalue weighted by atomic mass is 10.1. The Morgan fingerprint density at radius 1 is 1.35 bits per heavy atom. The number of hydrogen-bond acceptors (Lipinski definition) is 3. The molecule has 2 N–H and O–H groups in total. The van der Waals surface area contributed by atoms with Crippen molar-refractivity contribution in [3.63, 3.8) is 0 Å². The molecule has 104 valence electrons. The van der Waals surface area contributed by atoms with E-state index in [1.54, 1.807) is 13.1 Å². The molecule has 2 rings (SSSR count). The fourth-order valence-electron chi connectivity index (χ4n) is 1.89. The Balaban J connectivity index is 2.22. The van der Waals surface area contributed by atoms with Crippen molar-refractivity contribution < 1.29 is 4.79 Å². The van der Waals surface area contributed by atoms with E-state index in [2.05, 4.69) is 28.6 Å². The van der Waals surface area contributed by atoms with Crippen LogP contribution in [0.3, 0.4) is 0 Å². The second-order valence-electron chi connectivity index (χ2n) is 4.41. The highest BCUT2D eigenvalue weighted by molar-refractivity contribution is 6.29. The molecule has 0 saturated carbocycles. The Hall–Kier alpha value is -2.07. The zero-order chi connectivity index (χ0) is 14.5. The predicted octanol–water partition coefficient (Wildman–Crippen LogP) is 3.02. The van der Waals surface area contributed by atoms with E-state index in [9.17, 15) is 4.79 Å². The van der Waals surface area contributed by atoms with Gasteiger partial charge >= 0.3 is 0 Å². The lowest BCUT2D eigenvalue weighted by Gasteiger charge is -2.12. The molecule has 0 aliphatic rings. The normalized spacial score (nSPS) is 10.2. The molecule has 2 aromatic rings. The Morgan fingerprint density at radius 3 is 2.80 bits per heavy atom. The molecular weight excluding hydrogens is 274 g/mol. The smallest absolute Gasteiger partial charge is 0.254 e. The lowest BCUT2D eigenvalue weighted by molar-refractivity contribution is 0.0963. The number of hydrogen-bond donors (Lipinski definition) is 2. The molecule has 0 fully saturated rings. The summed E-state index contributed by atoms with van der Waals surface area (Å²) in [6.07, 6.45) is 1.47. The summed E-state index contributed by atoms with van der Waals surface area (Å²) >= 11 is 5.89. The van der Waals surface area contributed by atoms with Crippen LogP contribution in [0.1, 0.15) is 21.5 Å². The number of amides is 1. The van der Waals surface area contributed by atoms with Crippen molar-refractivity contribution >= 4 is 23.2 Å². The third-order valence-electron chi connectivity index (χ3n) is 3.07. The van der Waals surface area contributed by atoms with Gasteiger partial charge in [-0.2, -0.15) is 0 Å². The van der Waals surface area contributed by atoms with E-state index in [0.717, 1.165) is 0 Å². The van der Waals surface area contributed by atoms with Crippen molar-refractivity contribution in [2.45, 2.75) is 13.5 Å². The van der Waals surface area contributed by atoms with E-state index in [0.29, 0.717) is 22.9 Å². The van der Waals surface area contributed by atoms with E-state index in [-0.39, 0.29) is 5.91 Å². The molecule has 4 nitrogen and oxygen atoms in total. The highest BCUT2D eigenvalue weighted by Gasteiger charge is 2.11. The topological polar surface area (TPSA) is 54.0 Å². The van der Waals surface area contributed by atoms with Gasteiger partial charge in [0.1, 0.15) is 5.15 Å². The number of benzene rings is 1. The second kappa shape index (κ2) is 6.39. The quantitative estimate of drug-likeness (QED) is 0.851. The van der Waals surface area contributed by atoms with E-state index < -0.39 is 0 Å². The third kappa shape index (κ3) is 3.27. The van der Waals surface area contributed by atoms with Gasteiger partial charge in [-0.15, -0.1) is 0 Å². The average molecular weight is 290 g/mol. The third-order valence-corrected chi connectivity index (χ3v) is 3.28. The fraction of sp³-hybridized carbons (Fsp3) is 0.200. The minimum absolute atomic E-state index is 0.193. The van der Waals surface area contributed by atoms with Crippen molar-refractivity contribution in [1.29, 1.82) is 0 Å². The van der Waals surface area contributed by atoms with E-state index in [4.69, 9.17) is 11.6 Å². The number of halogens is 1. The zero-order valence-electron chi connectivity index (χ0n) is 11.4. The zero-order valence-corrected chi connectivity index (χ0v) is 12.2. The van der Waals surface area contributed by atoms with Crippen LogP contribution in [0.2, 0.25) is 5.15 Å². The minimum atomic E-state index is -0.193. The Morgan fingerprint density at radius 2 is 2.10 bits per heavy atom. The number of rotatable bonds is 4. The van der Waals surface area contributed by atoms with Gasteiger partial charge < -0.3 is 10.6 Å². The van der Waals surface area contributed by atoms with Crippen LogP contribution in [0.25, 0.3) is 0 Å². The number of carbonyl (C=O) groups excluding carboxylic acids is 1. The van der Waals surface area contributed by atoms with Gasteiger partial charge in [-0.25, -0.2) is 4.98 Å². The molecule has 0 saturated heterocycles. The van der Waals surface area contributed by atoms with Crippen LogP contribution in [0.15, 0.2) is 36.5 Å². The first-order valence-corrected chi connectivity index (χ1v) is 6.65. The van der Waals surface area contributed by atoms with Crippen LogP contribution < -0.4 is 10.6 Å². The highest BCUT2D eigenvalue weighted by atomic mass is 35.5. The van der Waals surface area contributed by atoms with Crippen LogP contribution in [0, 0.1) is 6.92 Å². The summed E-state index contributed by atoms with van der Waals surface area (Å²) in [5.74, 6) is -0.193. The van der Waals surface area contributed by atoms with Crippen molar-refractivity contribution in [2.24, 2.45) is 0 Å². The van der Waals surface area contributed by atoms with Crippen molar-refractivity contribution in [3.8, 4) is 0 Å². The molecule has 0 unspecified atom stereocenters. The van der Waals surface area contributed by atoms with Crippen LogP contribution in [-0.4, -0.2) is 17.9 Å². The molecule has 20 heavy (non-hydrogen) atoms. The number of anilines is 1. The predicted molar refractivity (Wildman–Crippen MR) is 81.1 cm³/mol. The van der Waals surface area contributed by atoms with Crippen LogP contribution in [0.5, 0.6) is 0 Å². The molecule has 1 amide bonds. The standard InChI is InChI=1S/C15H16ClN3O/c1-10-5-3-4-6-11(10)8-18-13-7-14(16)19-9-12(13)15(20)17-2/h3-7,9H,8H2,1-2H3,(H,17,20)(H,18,19).